The number of nitrogen functional groups attached to an aromatic ring is 1. The normalized spacial score (nSPS) is 21.2. The molecule has 2 aliphatic rings. The van der Waals surface area contributed by atoms with Crippen molar-refractivity contribution in [1.29, 1.82) is 5.41 Å². The summed E-state index contributed by atoms with van der Waals surface area (Å²) in [5.41, 5.74) is 7.73. The largest absolute Gasteiger partial charge is 0.460 e. The molecular weight excluding hydrogens is 396 g/mol. The van der Waals surface area contributed by atoms with Crippen LogP contribution in [0.2, 0.25) is 0 Å². The van der Waals surface area contributed by atoms with Crippen LogP contribution in [0.1, 0.15) is 24.0 Å². The van der Waals surface area contributed by atoms with E-state index in [9.17, 15) is 9.59 Å². The number of hydrogen-bond donors (Lipinski definition) is 2. The first kappa shape index (κ1) is 20.9. The predicted molar refractivity (Wildman–Crippen MR) is 116 cm³/mol. The van der Waals surface area contributed by atoms with Crippen molar-refractivity contribution in [2.75, 3.05) is 24.5 Å². The zero-order valence-electron chi connectivity index (χ0n) is 17.2. The summed E-state index contributed by atoms with van der Waals surface area (Å²) in [7, 11) is 0. The van der Waals surface area contributed by atoms with E-state index in [1.54, 1.807) is 29.2 Å². The number of amidine groups is 1. The fourth-order valence-electron chi connectivity index (χ4n) is 4.05. The van der Waals surface area contributed by atoms with Crippen LogP contribution in [0, 0.1) is 5.41 Å². The zero-order chi connectivity index (χ0) is 21.8. The van der Waals surface area contributed by atoms with Crippen LogP contribution in [0.4, 0.5) is 10.5 Å². The Morgan fingerprint density at radius 2 is 1.90 bits per heavy atom. The molecule has 2 fully saturated rings. The average molecular weight is 422 g/mol. The molecule has 2 unspecified atom stereocenters. The van der Waals surface area contributed by atoms with Crippen molar-refractivity contribution in [3.05, 3.63) is 65.7 Å². The molecule has 2 aliphatic heterocycles. The van der Waals surface area contributed by atoms with Crippen molar-refractivity contribution in [3.8, 4) is 0 Å². The number of nitrogens with two attached hydrogens (primary N) is 1. The number of ether oxygens (including phenoxy) is 2. The van der Waals surface area contributed by atoms with Gasteiger partial charge in [0.25, 0.3) is 0 Å². The van der Waals surface area contributed by atoms with Gasteiger partial charge in [0.05, 0.1) is 6.54 Å². The molecule has 0 saturated carbocycles. The summed E-state index contributed by atoms with van der Waals surface area (Å²) in [6, 6.07) is 16.2. The first-order valence-corrected chi connectivity index (χ1v) is 10.4. The van der Waals surface area contributed by atoms with Gasteiger partial charge >= 0.3 is 12.1 Å². The van der Waals surface area contributed by atoms with Crippen molar-refractivity contribution < 1.29 is 19.1 Å². The number of cyclic esters (lactones) is 1. The van der Waals surface area contributed by atoms with E-state index in [1.165, 1.54) is 0 Å². The zero-order valence-corrected chi connectivity index (χ0v) is 17.2. The van der Waals surface area contributed by atoms with Crippen LogP contribution in [0.25, 0.3) is 0 Å². The van der Waals surface area contributed by atoms with E-state index < -0.39 is 6.09 Å². The number of nitrogens with zero attached hydrogens (tertiary/aromatic N) is 2. The summed E-state index contributed by atoms with van der Waals surface area (Å²) in [4.78, 5) is 28.6. The van der Waals surface area contributed by atoms with Gasteiger partial charge in [-0.3, -0.25) is 20.0 Å². The summed E-state index contributed by atoms with van der Waals surface area (Å²) in [6.07, 6.45) is 0.900. The lowest BCUT2D eigenvalue weighted by Gasteiger charge is -2.25. The Bertz CT molecular complexity index is 948. The van der Waals surface area contributed by atoms with Crippen molar-refractivity contribution in [3.63, 3.8) is 0 Å². The Morgan fingerprint density at radius 3 is 2.61 bits per heavy atom. The molecule has 8 nitrogen and oxygen atoms in total. The maximum absolute atomic E-state index is 12.6. The molecule has 2 aromatic carbocycles. The minimum absolute atomic E-state index is 0.0207. The number of likely N-dealkylation sites (tertiary alicyclic amines) is 1. The Kier molecular flexibility index (Phi) is 6.18. The molecule has 2 atom stereocenters. The summed E-state index contributed by atoms with van der Waals surface area (Å²) in [6.45, 7) is 1.92. The molecule has 8 heteroatoms. The van der Waals surface area contributed by atoms with Crippen LogP contribution in [0.5, 0.6) is 0 Å². The Hall–Kier alpha value is -3.39. The van der Waals surface area contributed by atoms with E-state index in [0.717, 1.165) is 24.9 Å². The van der Waals surface area contributed by atoms with Gasteiger partial charge in [0, 0.05) is 17.8 Å². The highest BCUT2D eigenvalue weighted by Gasteiger charge is 2.38. The van der Waals surface area contributed by atoms with E-state index in [4.69, 9.17) is 20.6 Å². The number of carbonyl (C=O) groups excluding carboxylic acids is 2. The smallest absolute Gasteiger partial charge is 0.414 e. The SMILES string of the molecule is N=C(N)c1ccc(N2CC(CN3CCCC3C(=O)OCc3ccccc3)OC2=O)cc1. The molecule has 0 radical (unpaired) electrons. The number of benzene rings is 2. The monoisotopic (exact) mass is 422 g/mol. The van der Waals surface area contributed by atoms with Crippen LogP contribution in [-0.2, 0) is 20.9 Å². The van der Waals surface area contributed by atoms with Gasteiger partial charge in [-0.25, -0.2) is 4.79 Å². The number of esters is 1. The second kappa shape index (κ2) is 9.18. The maximum atomic E-state index is 12.6. The topological polar surface area (TPSA) is 109 Å². The predicted octanol–water partition coefficient (Wildman–Crippen LogP) is 2.50. The van der Waals surface area contributed by atoms with Crippen LogP contribution in [-0.4, -0.2) is 54.6 Å². The number of hydrogen-bond acceptors (Lipinski definition) is 6. The van der Waals surface area contributed by atoms with E-state index in [0.29, 0.717) is 24.3 Å². The average Bonchev–Trinajstić information content (AvgIpc) is 3.39. The van der Waals surface area contributed by atoms with Crippen LogP contribution in [0.15, 0.2) is 54.6 Å². The summed E-state index contributed by atoms with van der Waals surface area (Å²) >= 11 is 0. The molecule has 3 N–H and O–H groups in total. The number of nitrogens with one attached hydrogen (secondary N) is 1. The van der Waals surface area contributed by atoms with Gasteiger partial charge < -0.3 is 15.2 Å². The lowest BCUT2D eigenvalue weighted by Crippen LogP contribution is -2.42. The number of amides is 1. The molecule has 1 amide bonds. The van der Waals surface area contributed by atoms with Gasteiger partial charge in [0.1, 0.15) is 24.6 Å². The number of anilines is 1. The van der Waals surface area contributed by atoms with Gasteiger partial charge in [0.2, 0.25) is 0 Å². The van der Waals surface area contributed by atoms with Gasteiger partial charge in [-0.1, -0.05) is 30.3 Å². The molecule has 0 bridgehead atoms. The second-order valence-electron chi connectivity index (χ2n) is 7.82. The standard InChI is InChI=1S/C23H26N4O4/c24-21(25)17-8-10-18(11-9-17)27-14-19(31-23(27)29)13-26-12-4-7-20(26)22(28)30-15-16-5-2-1-3-6-16/h1-3,5-6,8-11,19-20H,4,7,12-15H2,(H3,24,25). The Morgan fingerprint density at radius 1 is 1.16 bits per heavy atom. The molecule has 2 saturated heterocycles. The maximum Gasteiger partial charge on any atom is 0.414 e. The highest BCUT2D eigenvalue weighted by atomic mass is 16.6. The third-order valence-corrected chi connectivity index (χ3v) is 5.66. The van der Waals surface area contributed by atoms with Gasteiger partial charge in [-0.05, 0) is 49.2 Å². The minimum Gasteiger partial charge on any atom is -0.460 e. The van der Waals surface area contributed by atoms with Crippen LogP contribution < -0.4 is 10.6 Å². The number of rotatable bonds is 7. The van der Waals surface area contributed by atoms with Gasteiger partial charge in [-0.15, -0.1) is 0 Å². The van der Waals surface area contributed by atoms with E-state index >= 15 is 0 Å². The molecule has 0 aromatic heterocycles. The Labute approximate surface area is 181 Å². The molecular formula is C23H26N4O4. The van der Waals surface area contributed by atoms with Crippen molar-refractivity contribution >= 4 is 23.6 Å². The van der Waals surface area contributed by atoms with E-state index in [-0.39, 0.29) is 30.6 Å². The Balaban J connectivity index is 1.33. The minimum atomic E-state index is -0.414. The van der Waals surface area contributed by atoms with E-state index in [2.05, 4.69) is 0 Å². The first-order chi connectivity index (χ1) is 15.0. The molecule has 2 aromatic rings. The molecule has 162 valence electrons. The highest BCUT2D eigenvalue weighted by molar-refractivity contribution is 5.96. The quantitative estimate of drug-likeness (QED) is 0.403. The van der Waals surface area contributed by atoms with Crippen molar-refractivity contribution in [1.82, 2.24) is 4.90 Å². The lowest BCUT2D eigenvalue weighted by molar-refractivity contribution is -0.150. The summed E-state index contributed by atoms with van der Waals surface area (Å²) < 4.78 is 11.1. The third kappa shape index (κ3) is 4.86. The number of carbonyl (C=O) groups is 2. The van der Waals surface area contributed by atoms with Crippen molar-refractivity contribution in [2.45, 2.75) is 31.6 Å². The van der Waals surface area contributed by atoms with Gasteiger partial charge in [0.15, 0.2) is 0 Å². The third-order valence-electron chi connectivity index (χ3n) is 5.66. The lowest BCUT2D eigenvalue weighted by atomic mass is 10.2. The fraction of sp³-hybridized carbons (Fsp3) is 0.348. The molecule has 31 heavy (non-hydrogen) atoms. The molecule has 0 spiro atoms. The molecule has 2 heterocycles. The highest BCUT2D eigenvalue weighted by Crippen LogP contribution is 2.25. The van der Waals surface area contributed by atoms with Crippen molar-refractivity contribution in [2.24, 2.45) is 5.73 Å². The summed E-state index contributed by atoms with van der Waals surface area (Å²) in [5.74, 6) is -0.255. The molecule has 4 rings (SSSR count). The fourth-order valence-corrected chi connectivity index (χ4v) is 4.05. The second-order valence-corrected chi connectivity index (χ2v) is 7.82. The summed E-state index contributed by atoms with van der Waals surface area (Å²) in [5, 5.41) is 7.47. The van der Waals surface area contributed by atoms with E-state index in [1.807, 2.05) is 35.2 Å². The van der Waals surface area contributed by atoms with Crippen LogP contribution >= 0.6 is 0 Å². The molecule has 0 aliphatic carbocycles. The van der Waals surface area contributed by atoms with Crippen LogP contribution in [0.3, 0.4) is 0 Å². The van der Waals surface area contributed by atoms with Gasteiger partial charge in [-0.2, -0.15) is 0 Å². The first-order valence-electron chi connectivity index (χ1n) is 10.4.